The van der Waals surface area contributed by atoms with E-state index in [1.54, 1.807) is 0 Å². The van der Waals surface area contributed by atoms with E-state index in [4.69, 9.17) is 0 Å². The maximum Gasteiger partial charge on any atom is 0.311 e. The molecule has 0 fully saturated rings. The summed E-state index contributed by atoms with van der Waals surface area (Å²) in [6, 6.07) is 3.81. The molecule has 1 aromatic rings. The molecule has 5 nitrogen and oxygen atoms in total. The Morgan fingerprint density at radius 3 is 2.65 bits per heavy atom. The molecule has 0 spiro atoms. The molecule has 0 aliphatic heterocycles. The highest BCUT2D eigenvalue weighted by Gasteiger charge is 2.19. The summed E-state index contributed by atoms with van der Waals surface area (Å²) in [4.78, 5) is 22.2. The Morgan fingerprint density at radius 1 is 1.40 bits per heavy atom. The summed E-state index contributed by atoms with van der Waals surface area (Å²) in [5, 5.41) is 20.1. The smallest absolute Gasteiger partial charge is 0.311 e. The number of rotatable bonds is 8. The van der Waals surface area contributed by atoms with Crippen LogP contribution in [0.1, 0.15) is 56.3 Å². The molecule has 0 bridgehead atoms. The summed E-state index contributed by atoms with van der Waals surface area (Å²) in [6.07, 6.45) is 4.50. The predicted octanol–water partition coefficient (Wildman–Crippen LogP) is 4.09. The van der Waals surface area contributed by atoms with Crippen molar-refractivity contribution in [2.75, 3.05) is 0 Å². The van der Waals surface area contributed by atoms with Crippen LogP contribution >= 0.6 is 0 Å². The molecule has 0 heterocycles. The van der Waals surface area contributed by atoms with E-state index in [9.17, 15) is 20.0 Å². The molecule has 1 N–H and O–H groups in total. The maximum atomic E-state index is 12.2. The van der Waals surface area contributed by atoms with Crippen molar-refractivity contribution in [2.24, 2.45) is 5.92 Å². The van der Waals surface area contributed by atoms with Gasteiger partial charge in [0.25, 0.3) is 0 Å². The first-order valence-corrected chi connectivity index (χ1v) is 7.00. The van der Waals surface area contributed by atoms with Gasteiger partial charge in [0.1, 0.15) is 0 Å². The monoisotopic (exact) mass is 279 g/mol. The van der Waals surface area contributed by atoms with Crippen LogP contribution in [0.3, 0.4) is 0 Å². The third-order valence-corrected chi connectivity index (χ3v) is 3.51. The first kappa shape index (κ1) is 16.1. The molecule has 0 amide bonds. The molecule has 0 aliphatic rings. The number of ketones is 1. The molecule has 20 heavy (non-hydrogen) atoms. The lowest BCUT2D eigenvalue weighted by Crippen LogP contribution is -2.08. The highest BCUT2D eigenvalue weighted by atomic mass is 16.6. The Hall–Kier alpha value is -1.91. The highest BCUT2D eigenvalue weighted by molar-refractivity contribution is 5.97. The zero-order chi connectivity index (χ0) is 15.1. The topological polar surface area (TPSA) is 80.4 Å². The second-order valence-electron chi connectivity index (χ2n) is 5.00. The molecular weight excluding hydrogens is 258 g/mol. The van der Waals surface area contributed by atoms with Gasteiger partial charge in [-0.15, -0.1) is 0 Å². The number of phenols is 1. The third-order valence-electron chi connectivity index (χ3n) is 3.51. The number of unbranched alkanes of at least 4 members (excludes halogenated alkanes) is 1. The van der Waals surface area contributed by atoms with Crippen molar-refractivity contribution in [1.82, 2.24) is 0 Å². The largest absolute Gasteiger partial charge is 0.502 e. The van der Waals surface area contributed by atoms with Crippen molar-refractivity contribution in [3.63, 3.8) is 0 Å². The number of hydrogen-bond acceptors (Lipinski definition) is 4. The van der Waals surface area contributed by atoms with Crippen molar-refractivity contribution in [3.8, 4) is 5.75 Å². The third kappa shape index (κ3) is 4.33. The minimum absolute atomic E-state index is 0.101. The van der Waals surface area contributed by atoms with Gasteiger partial charge in [-0.1, -0.05) is 39.5 Å². The maximum absolute atomic E-state index is 12.2. The summed E-state index contributed by atoms with van der Waals surface area (Å²) in [6.45, 7) is 4.16. The first-order valence-electron chi connectivity index (χ1n) is 7.00. The number of nitro benzene ring substituents is 1. The number of Topliss-reactive ketones (excluding diaryl/α,β-unsaturated/α-hetero) is 1. The average Bonchev–Trinajstić information content (AvgIpc) is 2.43. The lowest BCUT2D eigenvalue weighted by Gasteiger charge is -2.13. The van der Waals surface area contributed by atoms with E-state index in [0.29, 0.717) is 17.9 Å². The molecule has 110 valence electrons. The summed E-state index contributed by atoms with van der Waals surface area (Å²) < 4.78 is 0. The van der Waals surface area contributed by atoms with Crippen LogP contribution < -0.4 is 0 Å². The van der Waals surface area contributed by atoms with Gasteiger partial charge in [0, 0.05) is 18.1 Å². The van der Waals surface area contributed by atoms with Crippen LogP contribution in [0.25, 0.3) is 0 Å². The van der Waals surface area contributed by atoms with E-state index < -0.39 is 16.4 Å². The van der Waals surface area contributed by atoms with Gasteiger partial charge < -0.3 is 5.11 Å². The number of aromatic hydroxyl groups is 1. The fourth-order valence-corrected chi connectivity index (χ4v) is 2.17. The number of phenolic OH excluding ortho intramolecular Hbond substituents is 1. The molecule has 1 atom stereocenters. The van der Waals surface area contributed by atoms with Gasteiger partial charge in [-0.2, -0.15) is 0 Å². The fourth-order valence-electron chi connectivity index (χ4n) is 2.17. The van der Waals surface area contributed by atoms with Gasteiger partial charge in [0.15, 0.2) is 11.5 Å². The standard InChI is InChI=1S/C15H21NO4/c1-3-5-6-11(4-2)9-15(18)12-7-8-14(17)13(10-12)16(19)20/h7-8,10-11,17H,3-6,9H2,1-2H3. The Balaban J connectivity index is 2.81. The second kappa shape index (κ2) is 7.62. The fraction of sp³-hybridized carbons (Fsp3) is 0.533. The quantitative estimate of drug-likeness (QED) is 0.441. The van der Waals surface area contributed by atoms with Gasteiger partial charge >= 0.3 is 5.69 Å². The van der Waals surface area contributed by atoms with Crippen molar-refractivity contribution >= 4 is 11.5 Å². The molecule has 0 saturated carbocycles. The molecular formula is C15H21NO4. The van der Waals surface area contributed by atoms with Gasteiger partial charge in [0.05, 0.1) is 4.92 Å². The van der Waals surface area contributed by atoms with Gasteiger partial charge in [-0.05, 0) is 18.1 Å². The summed E-state index contributed by atoms with van der Waals surface area (Å²) in [7, 11) is 0. The zero-order valence-electron chi connectivity index (χ0n) is 12.0. The normalized spacial score (nSPS) is 12.1. The minimum Gasteiger partial charge on any atom is -0.502 e. The number of nitrogens with zero attached hydrogens (tertiary/aromatic N) is 1. The van der Waals surface area contributed by atoms with Gasteiger partial charge in [-0.25, -0.2) is 0 Å². The Morgan fingerprint density at radius 2 is 2.10 bits per heavy atom. The molecule has 0 radical (unpaired) electrons. The SMILES string of the molecule is CCCCC(CC)CC(=O)c1ccc(O)c([N+](=O)[O-])c1. The summed E-state index contributed by atoms with van der Waals surface area (Å²) >= 11 is 0. The number of carbonyl (C=O) groups excluding carboxylic acids is 1. The lowest BCUT2D eigenvalue weighted by molar-refractivity contribution is -0.385. The summed E-state index contributed by atoms with van der Waals surface area (Å²) in [5.41, 5.74) is -0.123. The zero-order valence-corrected chi connectivity index (χ0v) is 12.0. The molecule has 5 heteroatoms. The Labute approximate surface area is 118 Å². The van der Waals surface area contributed by atoms with E-state index in [2.05, 4.69) is 6.92 Å². The van der Waals surface area contributed by atoms with E-state index in [1.807, 2.05) is 6.92 Å². The molecule has 0 aliphatic carbocycles. The molecule has 1 unspecified atom stereocenters. The average molecular weight is 279 g/mol. The number of benzene rings is 1. The van der Waals surface area contributed by atoms with Crippen molar-refractivity contribution in [2.45, 2.75) is 46.0 Å². The highest BCUT2D eigenvalue weighted by Crippen LogP contribution is 2.28. The number of hydrogen-bond donors (Lipinski definition) is 1. The van der Waals surface area contributed by atoms with Gasteiger partial charge in [0.2, 0.25) is 0 Å². The number of nitro groups is 1. The number of carbonyl (C=O) groups is 1. The summed E-state index contributed by atoms with van der Waals surface area (Å²) in [5.74, 6) is -0.198. The van der Waals surface area contributed by atoms with Gasteiger partial charge in [-0.3, -0.25) is 14.9 Å². The van der Waals surface area contributed by atoms with Crippen molar-refractivity contribution < 1.29 is 14.8 Å². The Bertz CT molecular complexity index is 485. The molecule has 1 rings (SSSR count). The van der Waals surface area contributed by atoms with E-state index in [-0.39, 0.29) is 5.78 Å². The van der Waals surface area contributed by atoms with Crippen LogP contribution in [0.4, 0.5) is 5.69 Å². The van der Waals surface area contributed by atoms with Crippen molar-refractivity contribution in [1.29, 1.82) is 0 Å². The van der Waals surface area contributed by atoms with Crippen LogP contribution in [0.5, 0.6) is 5.75 Å². The van der Waals surface area contributed by atoms with E-state index in [1.165, 1.54) is 12.1 Å². The lowest BCUT2D eigenvalue weighted by atomic mass is 9.91. The van der Waals surface area contributed by atoms with Crippen LogP contribution in [0.15, 0.2) is 18.2 Å². The minimum atomic E-state index is -0.680. The first-order chi connectivity index (χ1) is 9.49. The van der Waals surface area contributed by atoms with E-state index in [0.717, 1.165) is 31.7 Å². The molecule has 1 aromatic carbocycles. The predicted molar refractivity (Wildman–Crippen MR) is 77.0 cm³/mol. The van der Waals surface area contributed by atoms with Crippen LogP contribution in [-0.4, -0.2) is 15.8 Å². The molecule has 0 aromatic heterocycles. The van der Waals surface area contributed by atoms with Crippen LogP contribution in [0, 0.1) is 16.0 Å². The Kier molecular flexibility index (Phi) is 6.15. The van der Waals surface area contributed by atoms with Crippen molar-refractivity contribution in [3.05, 3.63) is 33.9 Å². The van der Waals surface area contributed by atoms with Crippen LogP contribution in [-0.2, 0) is 0 Å². The van der Waals surface area contributed by atoms with E-state index >= 15 is 0 Å². The second-order valence-corrected chi connectivity index (χ2v) is 5.00. The van der Waals surface area contributed by atoms with Crippen LogP contribution in [0.2, 0.25) is 0 Å². The molecule has 0 saturated heterocycles.